The van der Waals surface area contributed by atoms with Gasteiger partial charge in [-0.2, -0.15) is 0 Å². The van der Waals surface area contributed by atoms with Gasteiger partial charge in [-0.25, -0.2) is 0 Å². The van der Waals surface area contributed by atoms with Crippen LogP contribution < -0.4 is 0 Å². The zero-order chi connectivity index (χ0) is 32.3. The fourth-order valence-electron chi connectivity index (χ4n) is 7.94. The van der Waals surface area contributed by atoms with E-state index in [-0.39, 0.29) is 0 Å². The van der Waals surface area contributed by atoms with Crippen LogP contribution in [0.25, 0.3) is 97.0 Å². The highest BCUT2D eigenvalue weighted by Crippen LogP contribution is 2.47. The number of hydrogen-bond donors (Lipinski definition) is 0. The molecule has 49 heavy (non-hydrogen) atoms. The zero-order valence-corrected chi connectivity index (χ0v) is 27.5. The molecular weight excluding hydrogens is 609 g/mol. The van der Waals surface area contributed by atoms with Crippen molar-refractivity contribution in [3.05, 3.63) is 182 Å². The van der Waals surface area contributed by atoms with Crippen molar-refractivity contribution in [3.63, 3.8) is 0 Å². The van der Waals surface area contributed by atoms with Gasteiger partial charge in [-0.1, -0.05) is 170 Å². The fourth-order valence-corrected chi connectivity index (χ4v) is 9.20. The van der Waals surface area contributed by atoms with Gasteiger partial charge in [0.1, 0.15) is 0 Å². The number of rotatable bonds is 4. The Morgan fingerprint density at radius 1 is 0.306 bits per heavy atom. The molecule has 0 saturated heterocycles. The van der Waals surface area contributed by atoms with Crippen molar-refractivity contribution in [2.45, 2.75) is 0 Å². The Kier molecular flexibility index (Phi) is 6.47. The van der Waals surface area contributed by atoms with Crippen LogP contribution in [0.1, 0.15) is 0 Å². The molecule has 0 amide bonds. The van der Waals surface area contributed by atoms with E-state index >= 15 is 0 Å². The summed E-state index contributed by atoms with van der Waals surface area (Å²) >= 11 is 1.90. The Morgan fingerprint density at radius 2 is 0.857 bits per heavy atom. The third-order valence-corrected chi connectivity index (χ3v) is 11.3. The molecular formula is C48H30S. The molecule has 9 aromatic carbocycles. The van der Waals surface area contributed by atoms with Gasteiger partial charge in [-0.3, -0.25) is 0 Å². The van der Waals surface area contributed by atoms with Crippen LogP contribution in [0.3, 0.4) is 0 Å². The van der Waals surface area contributed by atoms with E-state index in [0.29, 0.717) is 0 Å². The molecule has 0 saturated carbocycles. The average Bonchev–Trinajstić information content (AvgIpc) is 3.57. The first-order valence-electron chi connectivity index (χ1n) is 16.9. The summed E-state index contributed by atoms with van der Waals surface area (Å²) in [6.07, 6.45) is 0. The number of benzene rings is 9. The predicted molar refractivity (Wildman–Crippen MR) is 214 cm³/mol. The summed E-state index contributed by atoms with van der Waals surface area (Å²) in [4.78, 5) is 0. The fraction of sp³-hybridized carbons (Fsp3) is 0. The first-order valence-corrected chi connectivity index (χ1v) is 17.7. The molecule has 0 aliphatic rings. The van der Waals surface area contributed by atoms with Crippen molar-refractivity contribution in [3.8, 4) is 44.5 Å². The maximum absolute atomic E-state index is 2.41. The maximum Gasteiger partial charge on any atom is 0.0434 e. The normalized spacial score (nSPS) is 11.7. The molecule has 228 valence electrons. The summed E-state index contributed by atoms with van der Waals surface area (Å²) in [5.41, 5.74) is 10.0. The molecule has 10 aromatic rings. The molecule has 0 bridgehead atoms. The summed E-state index contributed by atoms with van der Waals surface area (Å²) in [6.45, 7) is 0. The van der Waals surface area contributed by atoms with Crippen molar-refractivity contribution in [1.82, 2.24) is 0 Å². The predicted octanol–water partition coefficient (Wildman–Crippen LogP) is 14.2. The van der Waals surface area contributed by atoms with E-state index in [4.69, 9.17) is 0 Å². The Hall–Kier alpha value is -6.02. The van der Waals surface area contributed by atoms with Gasteiger partial charge in [-0.15, -0.1) is 11.3 Å². The topological polar surface area (TPSA) is 0 Å². The standard InChI is InChI=1S/C48H30S/c1-2-14-31(15-3-1)35-19-6-7-21-38(35)46-41-24-10-8-22-39(41)45(40-23-9-11-25-42(40)46)34-18-12-17-33(30-34)36-26-13-27-44-47(36)43-29-28-32-16-4-5-20-37(32)48(43)49-44/h1-30H. The summed E-state index contributed by atoms with van der Waals surface area (Å²) in [5, 5.41) is 10.4. The highest BCUT2D eigenvalue weighted by molar-refractivity contribution is 7.26. The number of fused-ring (bicyclic) bond motifs is 7. The van der Waals surface area contributed by atoms with Crippen LogP contribution in [-0.4, -0.2) is 0 Å². The minimum Gasteiger partial charge on any atom is -0.135 e. The average molecular weight is 639 g/mol. The molecule has 1 heterocycles. The van der Waals surface area contributed by atoms with Gasteiger partial charge in [0.25, 0.3) is 0 Å². The molecule has 0 nitrogen and oxygen atoms in total. The van der Waals surface area contributed by atoms with E-state index in [1.807, 2.05) is 11.3 Å². The molecule has 0 N–H and O–H groups in total. The van der Waals surface area contributed by atoms with Crippen LogP contribution in [0.15, 0.2) is 182 Å². The van der Waals surface area contributed by atoms with Crippen LogP contribution in [0.2, 0.25) is 0 Å². The molecule has 0 fully saturated rings. The van der Waals surface area contributed by atoms with E-state index in [9.17, 15) is 0 Å². The lowest BCUT2D eigenvalue weighted by atomic mass is 9.83. The molecule has 0 radical (unpaired) electrons. The minimum absolute atomic E-state index is 1.23. The molecule has 0 aliphatic heterocycles. The van der Waals surface area contributed by atoms with E-state index in [2.05, 4.69) is 182 Å². The summed E-state index contributed by atoms with van der Waals surface area (Å²) in [7, 11) is 0. The zero-order valence-electron chi connectivity index (χ0n) is 26.7. The quantitative estimate of drug-likeness (QED) is 0.168. The number of hydrogen-bond acceptors (Lipinski definition) is 1. The Balaban J connectivity index is 1.23. The Bertz CT molecular complexity index is 2820. The van der Waals surface area contributed by atoms with Crippen molar-refractivity contribution in [2.24, 2.45) is 0 Å². The maximum atomic E-state index is 2.41. The van der Waals surface area contributed by atoms with E-state index in [1.165, 1.54) is 97.0 Å². The van der Waals surface area contributed by atoms with Gasteiger partial charge >= 0.3 is 0 Å². The first-order chi connectivity index (χ1) is 24.3. The molecule has 1 heteroatoms. The van der Waals surface area contributed by atoms with Crippen LogP contribution in [-0.2, 0) is 0 Å². The lowest BCUT2D eigenvalue weighted by Gasteiger charge is -2.20. The highest BCUT2D eigenvalue weighted by Gasteiger charge is 2.20. The van der Waals surface area contributed by atoms with Crippen LogP contribution in [0.4, 0.5) is 0 Å². The molecule has 0 spiro atoms. The lowest BCUT2D eigenvalue weighted by molar-refractivity contribution is 1.60. The largest absolute Gasteiger partial charge is 0.135 e. The van der Waals surface area contributed by atoms with E-state index < -0.39 is 0 Å². The van der Waals surface area contributed by atoms with Gasteiger partial charge in [0, 0.05) is 20.2 Å². The summed E-state index contributed by atoms with van der Waals surface area (Å²) in [6, 6.07) is 66.8. The Morgan fingerprint density at radius 3 is 1.61 bits per heavy atom. The molecule has 0 unspecified atom stereocenters. The summed E-state index contributed by atoms with van der Waals surface area (Å²) in [5.74, 6) is 0. The molecule has 0 atom stereocenters. The van der Waals surface area contributed by atoms with Crippen molar-refractivity contribution in [1.29, 1.82) is 0 Å². The third kappa shape index (κ3) is 4.44. The van der Waals surface area contributed by atoms with Crippen molar-refractivity contribution < 1.29 is 0 Å². The molecule has 1 aromatic heterocycles. The molecule has 0 aliphatic carbocycles. The van der Waals surface area contributed by atoms with Gasteiger partial charge in [-0.05, 0) is 89.0 Å². The highest BCUT2D eigenvalue weighted by atomic mass is 32.1. The van der Waals surface area contributed by atoms with Gasteiger partial charge in [0.15, 0.2) is 0 Å². The first kappa shape index (κ1) is 28.0. The second-order valence-corrected chi connectivity index (χ2v) is 13.8. The Labute approximate surface area is 289 Å². The summed E-state index contributed by atoms with van der Waals surface area (Å²) < 4.78 is 2.69. The van der Waals surface area contributed by atoms with Gasteiger partial charge < -0.3 is 0 Å². The third-order valence-electron chi connectivity index (χ3n) is 10.1. The minimum atomic E-state index is 1.23. The van der Waals surface area contributed by atoms with Gasteiger partial charge in [0.05, 0.1) is 0 Å². The van der Waals surface area contributed by atoms with Gasteiger partial charge in [0.2, 0.25) is 0 Å². The van der Waals surface area contributed by atoms with E-state index in [1.54, 1.807) is 0 Å². The van der Waals surface area contributed by atoms with Crippen molar-refractivity contribution in [2.75, 3.05) is 0 Å². The number of thiophene rings is 1. The van der Waals surface area contributed by atoms with E-state index in [0.717, 1.165) is 0 Å². The van der Waals surface area contributed by atoms with Crippen LogP contribution in [0.5, 0.6) is 0 Å². The van der Waals surface area contributed by atoms with Crippen LogP contribution in [0, 0.1) is 0 Å². The lowest BCUT2D eigenvalue weighted by Crippen LogP contribution is -1.93. The SMILES string of the molecule is c1ccc(-c2ccccc2-c2c3ccccc3c(-c3cccc(-c4cccc5sc6c7ccccc7ccc6c45)c3)c3ccccc23)cc1. The van der Waals surface area contributed by atoms with Crippen LogP contribution >= 0.6 is 11.3 Å². The second kappa shape index (κ2) is 11.3. The second-order valence-electron chi connectivity index (χ2n) is 12.8. The molecule has 10 rings (SSSR count). The smallest absolute Gasteiger partial charge is 0.0434 e. The monoisotopic (exact) mass is 638 g/mol. The van der Waals surface area contributed by atoms with Crippen molar-refractivity contribution >= 4 is 63.8 Å².